The van der Waals surface area contributed by atoms with Gasteiger partial charge in [-0.05, 0) is 19.1 Å². The Kier molecular flexibility index (Phi) is 5.72. The zero-order chi connectivity index (χ0) is 15.1. The van der Waals surface area contributed by atoms with Crippen LogP contribution in [0, 0.1) is 11.3 Å². The number of nitrogens with zero attached hydrogens (tertiary/aromatic N) is 1. The number of halogens is 2. The Balaban J connectivity index is 3.22. The van der Waals surface area contributed by atoms with Gasteiger partial charge < -0.3 is 14.2 Å². The van der Waals surface area contributed by atoms with Crippen LogP contribution in [0.15, 0.2) is 12.1 Å². The summed E-state index contributed by atoms with van der Waals surface area (Å²) in [5, 5.41) is 9.01. The minimum absolute atomic E-state index is 0.0718. The van der Waals surface area contributed by atoms with Gasteiger partial charge in [-0.1, -0.05) is 0 Å². The van der Waals surface area contributed by atoms with Crippen molar-refractivity contribution >= 4 is 5.97 Å². The van der Waals surface area contributed by atoms with Crippen LogP contribution in [0.3, 0.4) is 0 Å². The molecule has 1 rings (SSSR count). The Hall–Kier alpha value is -2.36. The number of carbonyl (C=O) groups excluding carboxylic acids is 1. The van der Waals surface area contributed by atoms with E-state index in [1.165, 1.54) is 19.2 Å². The second kappa shape index (κ2) is 7.28. The van der Waals surface area contributed by atoms with Crippen molar-refractivity contribution in [1.82, 2.24) is 0 Å². The predicted molar refractivity (Wildman–Crippen MR) is 64.7 cm³/mol. The van der Waals surface area contributed by atoms with E-state index in [-0.39, 0.29) is 35.7 Å². The smallest absolute Gasteiger partial charge is 0.387 e. The van der Waals surface area contributed by atoms with Gasteiger partial charge in [0.2, 0.25) is 0 Å². The maximum absolute atomic E-state index is 12.3. The molecule has 108 valence electrons. The van der Waals surface area contributed by atoms with Crippen LogP contribution in [0.4, 0.5) is 8.78 Å². The molecule has 7 heteroatoms. The van der Waals surface area contributed by atoms with Crippen molar-refractivity contribution in [3.8, 4) is 17.6 Å². The van der Waals surface area contributed by atoms with Crippen LogP contribution in [0.2, 0.25) is 0 Å². The second-order valence-electron chi connectivity index (χ2n) is 3.60. The summed E-state index contributed by atoms with van der Waals surface area (Å²) in [4.78, 5) is 11.5. The quantitative estimate of drug-likeness (QED) is 0.750. The van der Waals surface area contributed by atoms with Crippen LogP contribution in [0.1, 0.15) is 18.1 Å². The zero-order valence-electron chi connectivity index (χ0n) is 11.0. The van der Waals surface area contributed by atoms with Gasteiger partial charge in [-0.2, -0.15) is 14.0 Å². The number of hydrogen-bond donors (Lipinski definition) is 0. The highest BCUT2D eigenvalue weighted by molar-refractivity contribution is 5.75. The number of carbonyl (C=O) groups is 1. The molecule has 0 saturated carbocycles. The number of methoxy groups -OCH3 is 1. The number of ether oxygens (including phenoxy) is 3. The number of nitriles is 1. The number of rotatable bonds is 6. The average Bonchev–Trinajstić information content (AvgIpc) is 2.39. The molecule has 0 bridgehead atoms. The summed E-state index contributed by atoms with van der Waals surface area (Å²) < 4.78 is 38.7. The van der Waals surface area contributed by atoms with E-state index in [0.29, 0.717) is 0 Å². The molecule has 0 radical (unpaired) electrons. The summed E-state index contributed by atoms with van der Waals surface area (Å²) in [5.41, 5.74) is 0.295. The highest BCUT2D eigenvalue weighted by Crippen LogP contribution is 2.35. The van der Waals surface area contributed by atoms with Crippen molar-refractivity contribution in [1.29, 1.82) is 5.26 Å². The molecule has 1 aromatic rings. The summed E-state index contributed by atoms with van der Waals surface area (Å²) in [6.45, 7) is -1.22. The number of benzene rings is 1. The molecule has 0 aliphatic heterocycles. The van der Waals surface area contributed by atoms with Crippen LogP contribution >= 0.6 is 0 Å². The third-order valence-electron chi connectivity index (χ3n) is 2.39. The fourth-order valence-electron chi connectivity index (χ4n) is 1.66. The molecular formula is C13H13F2NO4. The largest absolute Gasteiger partial charge is 0.493 e. The van der Waals surface area contributed by atoms with Crippen molar-refractivity contribution in [3.05, 3.63) is 23.3 Å². The van der Waals surface area contributed by atoms with Crippen molar-refractivity contribution in [2.24, 2.45) is 0 Å². The lowest BCUT2D eigenvalue weighted by Crippen LogP contribution is -2.11. The third kappa shape index (κ3) is 3.82. The minimum Gasteiger partial charge on any atom is -0.493 e. The minimum atomic E-state index is -3.03. The molecular weight excluding hydrogens is 272 g/mol. The van der Waals surface area contributed by atoms with E-state index < -0.39 is 12.6 Å². The van der Waals surface area contributed by atoms with Gasteiger partial charge in [0.05, 0.1) is 31.8 Å². The zero-order valence-corrected chi connectivity index (χ0v) is 11.0. The highest BCUT2D eigenvalue weighted by Gasteiger charge is 2.20. The molecule has 0 aromatic heterocycles. The monoisotopic (exact) mass is 285 g/mol. The fraction of sp³-hybridized carbons (Fsp3) is 0.385. The van der Waals surface area contributed by atoms with Crippen molar-refractivity contribution in [2.45, 2.75) is 20.0 Å². The van der Waals surface area contributed by atoms with Crippen LogP contribution < -0.4 is 9.47 Å². The first-order valence-corrected chi connectivity index (χ1v) is 5.73. The Labute approximate surface area is 114 Å². The second-order valence-corrected chi connectivity index (χ2v) is 3.60. The van der Waals surface area contributed by atoms with Crippen molar-refractivity contribution in [3.63, 3.8) is 0 Å². The SMILES string of the molecule is CCOC(=O)Cc1c(C#N)ccc(OC(F)F)c1OC. The van der Waals surface area contributed by atoms with E-state index in [1.54, 1.807) is 6.92 Å². The Bertz CT molecular complexity index is 526. The molecule has 0 saturated heterocycles. The van der Waals surface area contributed by atoms with E-state index in [4.69, 9.17) is 14.7 Å². The van der Waals surface area contributed by atoms with Gasteiger partial charge in [0.15, 0.2) is 11.5 Å². The standard InChI is InChI=1S/C13H13F2NO4/c1-3-19-11(17)6-9-8(7-16)4-5-10(12(9)18-2)20-13(14)15/h4-5,13H,3,6H2,1-2H3. The first kappa shape index (κ1) is 15.7. The maximum Gasteiger partial charge on any atom is 0.387 e. The Morgan fingerprint density at radius 1 is 1.45 bits per heavy atom. The Morgan fingerprint density at radius 3 is 2.65 bits per heavy atom. The molecule has 0 unspecified atom stereocenters. The van der Waals surface area contributed by atoms with Gasteiger partial charge in [0.1, 0.15) is 0 Å². The van der Waals surface area contributed by atoms with Crippen molar-refractivity contribution in [2.75, 3.05) is 13.7 Å². The first-order valence-electron chi connectivity index (χ1n) is 5.73. The Morgan fingerprint density at radius 2 is 2.15 bits per heavy atom. The van der Waals surface area contributed by atoms with E-state index >= 15 is 0 Å². The molecule has 20 heavy (non-hydrogen) atoms. The molecule has 0 aliphatic carbocycles. The predicted octanol–water partition coefficient (Wildman–Crippen LogP) is 2.27. The lowest BCUT2D eigenvalue weighted by Gasteiger charge is -2.14. The fourth-order valence-corrected chi connectivity index (χ4v) is 1.66. The molecule has 1 aromatic carbocycles. The van der Waals surface area contributed by atoms with Crippen LogP contribution in [-0.4, -0.2) is 26.3 Å². The maximum atomic E-state index is 12.3. The number of hydrogen-bond acceptors (Lipinski definition) is 5. The van der Waals surface area contributed by atoms with Gasteiger partial charge in [0.25, 0.3) is 0 Å². The lowest BCUT2D eigenvalue weighted by molar-refractivity contribution is -0.142. The van der Waals surface area contributed by atoms with E-state index in [2.05, 4.69) is 4.74 Å². The summed E-state index contributed by atoms with van der Waals surface area (Å²) >= 11 is 0. The number of esters is 1. The van der Waals surface area contributed by atoms with Gasteiger partial charge in [-0.3, -0.25) is 4.79 Å². The topological polar surface area (TPSA) is 68.6 Å². The van der Waals surface area contributed by atoms with E-state index in [1.807, 2.05) is 6.07 Å². The third-order valence-corrected chi connectivity index (χ3v) is 2.39. The van der Waals surface area contributed by atoms with Crippen molar-refractivity contribution < 1.29 is 27.8 Å². The van der Waals surface area contributed by atoms with Gasteiger partial charge in [-0.25, -0.2) is 0 Å². The van der Waals surface area contributed by atoms with Crippen LogP contribution in [0.25, 0.3) is 0 Å². The van der Waals surface area contributed by atoms with E-state index in [0.717, 1.165) is 0 Å². The molecule has 0 spiro atoms. The molecule has 0 N–H and O–H groups in total. The van der Waals surface area contributed by atoms with Gasteiger partial charge >= 0.3 is 12.6 Å². The van der Waals surface area contributed by atoms with Crippen LogP contribution in [0.5, 0.6) is 11.5 Å². The molecule has 0 atom stereocenters. The van der Waals surface area contributed by atoms with Gasteiger partial charge in [-0.15, -0.1) is 0 Å². The summed E-state index contributed by atoms with van der Waals surface area (Å²) in [5.74, 6) is -0.894. The molecule has 0 fully saturated rings. The summed E-state index contributed by atoms with van der Waals surface area (Å²) in [6, 6.07) is 4.35. The lowest BCUT2D eigenvalue weighted by atomic mass is 10.0. The molecule has 0 amide bonds. The van der Waals surface area contributed by atoms with Crippen LogP contribution in [-0.2, 0) is 16.0 Å². The summed E-state index contributed by atoms with van der Waals surface area (Å²) in [7, 11) is 1.24. The van der Waals surface area contributed by atoms with Gasteiger partial charge in [0, 0.05) is 5.56 Å². The first-order chi connectivity index (χ1) is 9.53. The summed E-state index contributed by atoms with van der Waals surface area (Å²) in [6.07, 6.45) is -0.264. The molecule has 0 aliphatic rings. The van der Waals surface area contributed by atoms with E-state index in [9.17, 15) is 13.6 Å². The normalized spacial score (nSPS) is 10.0. The average molecular weight is 285 g/mol. The molecule has 0 heterocycles. The molecule has 5 nitrogen and oxygen atoms in total. The highest BCUT2D eigenvalue weighted by atomic mass is 19.3. The number of alkyl halides is 2.